The van der Waals surface area contributed by atoms with Gasteiger partial charge in [0, 0.05) is 17.8 Å². The first-order valence-electron chi connectivity index (χ1n) is 7.68. The van der Waals surface area contributed by atoms with Crippen LogP contribution in [-0.2, 0) is 6.54 Å². The lowest BCUT2D eigenvalue weighted by atomic mass is 10.1. The Bertz CT molecular complexity index is 885. The number of rotatable bonds is 5. The summed E-state index contributed by atoms with van der Waals surface area (Å²) in [5, 5.41) is 0. The van der Waals surface area contributed by atoms with E-state index in [0.717, 1.165) is 11.1 Å². The lowest BCUT2D eigenvalue weighted by molar-refractivity contribution is 0.395. The van der Waals surface area contributed by atoms with E-state index in [-0.39, 0.29) is 5.56 Å². The molecule has 0 unspecified atom stereocenters. The Morgan fingerprint density at radius 3 is 2.38 bits per heavy atom. The summed E-state index contributed by atoms with van der Waals surface area (Å²) in [4.78, 5) is 12.9. The standard InChI is InChI=1S/C20H19NO3/c1-23-16-10-11-17(19(13-16)24-2)18-9-6-12-21(20(18)22)14-15-7-4-3-5-8-15/h3-13H,14H2,1-2H3. The molecule has 1 heterocycles. The Hall–Kier alpha value is -3.01. The van der Waals surface area contributed by atoms with Gasteiger partial charge in [0.05, 0.1) is 26.3 Å². The van der Waals surface area contributed by atoms with Crippen LogP contribution in [0, 0.1) is 0 Å². The molecule has 2 aromatic carbocycles. The van der Waals surface area contributed by atoms with E-state index in [1.54, 1.807) is 31.0 Å². The Morgan fingerprint density at radius 2 is 1.67 bits per heavy atom. The number of ether oxygens (including phenoxy) is 2. The fourth-order valence-electron chi connectivity index (χ4n) is 2.67. The molecule has 0 spiro atoms. The molecule has 24 heavy (non-hydrogen) atoms. The van der Waals surface area contributed by atoms with Crippen LogP contribution in [0.4, 0.5) is 0 Å². The van der Waals surface area contributed by atoms with E-state index >= 15 is 0 Å². The molecular formula is C20H19NO3. The summed E-state index contributed by atoms with van der Waals surface area (Å²) in [6, 6.07) is 19.1. The second kappa shape index (κ2) is 7.04. The fourth-order valence-corrected chi connectivity index (χ4v) is 2.67. The van der Waals surface area contributed by atoms with Crippen molar-refractivity contribution < 1.29 is 9.47 Å². The molecule has 0 aliphatic rings. The maximum atomic E-state index is 12.9. The highest BCUT2D eigenvalue weighted by Gasteiger charge is 2.12. The highest BCUT2D eigenvalue weighted by molar-refractivity contribution is 5.70. The minimum Gasteiger partial charge on any atom is -0.497 e. The zero-order valence-corrected chi connectivity index (χ0v) is 13.7. The number of pyridine rings is 1. The molecule has 0 amide bonds. The highest BCUT2D eigenvalue weighted by atomic mass is 16.5. The molecule has 4 heteroatoms. The van der Waals surface area contributed by atoms with E-state index < -0.39 is 0 Å². The van der Waals surface area contributed by atoms with Gasteiger partial charge in [-0.1, -0.05) is 30.3 Å². The van der Waals surface area contributed by atoms with Gasteiger partial charge < -0.3 is 14.0 Å². The van der Waals surface area contributed by atoms with Crippen molar-refractivity contribution in [2.24, 2.45) is 0 Å². The SMILES string of the molecule is COc1ccc(-c2cccn(Cc3ccccc3)c2=O)c(OC)c1. The van der Waals surface area contributed by atoms with Crippen LogP contribution < -0.4 is 15.0 Å². The average Bonchev–Trinajstić information content (AvgIpc) is 2.64. The number of aromatic nitrogens is 1. The van der Waals surface area contributed by atoms with E-state index in [0.29, 0.717) is 23.6 Å². The molecule has 0 saturated carbocycles. The first-order valence-corrected chi connectivity index (χ1v) is 7.68. The van der Waals surface area contributed by atoms with Gasteiger partial charge >= 0.3 is 0 Å². The van der Waals surface area contributed by atoms with Crippen molar-refractivity contribution in [2.45, 2.75) is 6.54 Å². The molecule has 0 aliphatic carbocycles. The monoisotopic (exact) mass is 321 g/mol. The Balaban J connectivity index is 2.04. The van der Waals surface area contributed by atoms with Crippen LogP contribution in [0.25, 0.3) is 11.1 Å². The molecule has 4 nitrogen and oxygen atoms in total. The van der Waals surface area contributed by atoms with Gasteiger partial charge in [-0.3, -0.25) is 4.79 Å². The summed E-state index contributed by atoms with van der Waals surface area (Å²) < 4.78 is 12.3. The van der Waals surface area contributed by atoms with Gasteiger partial charge in [0.2, 0.25) is 0 Å². The molecule has 0 saturated heterocycles. The summed E-state index contributed by atoms with van der Waals surface area (Å²) in [6.07, 6.45) is 1.80. The number of methoxy groups -OCH3 is 2. The molecule has 3 rings (SSSR count). The van der Waals surface area contributed by atoms with E-state index in [1.807, 2.05) is 54.6 Å². The van der Waals surface area contributed by atoms with E-state index in [9.17, 15) is 4.79 Å². The smallest absolute Gasteiger partial charge is 0.258 e. The van der Waals surface area contributed by atoms with E-state index in [4.69, 9.17) is 9.47 Å². The fraction of sp³-hybridized carbons (Fsp3) is 0.150. The van der Waals surface area contributed by atoms with Crippen molar-refractivity contribution in [2.75, 3.05) is 14.2 Å². The van der Waals surface area contributed by atoms with Gasteiger partial charge in [0.15, 0.2) is 0 Å². The van der Waals surface area contributed by atoms with Gasteiger partial charge in [0.25, 0.3) is 5.56 Å². The van der Waals surface area contributed by atoms with Crippen molar-refractivity contribution in [1.82, 2.24) is 4.57 Å². The molecular weight excluding hydrogens is 302 g/mol. The first kappa shape index (κ1) is 15.9. The molecule has 3 aromatic rings. The van der Waals surface area contributed by atoms with Crippen LogP contribution in [-0.4, -0.2) is 18.8 Å². The van der Waals surface area contributed by atoms with Crippen molar-refractivity contribution >= 4 is 0 Å². The largest absolute Gasteiger partial charge is 0.497 e. The third-order valence-corrected chi connectivity index (χ3v) is 3.91. The summed E-state index contributed by atoms with van der Waals surface area (Å²) in [6.45, 7) is 0.534. The highest BCUT2D eigenvalue weighted by Crippen LogP contribution is 2.31. The predicted molar refractivity (Wildman–Crippen MR) is 94.8 cm³/mol. The van der Waals surface area contributed by atoms with Gasteiger partial charge in [-0.2, -0.15) is 0 Å². The minimum absolute atomic E-state index is 0.0511. The molecule has 1 aromatic heterocycles. The summed E-state index contributed by atoms with van der Waals surface area (Å²) in [7, 11) is 3.19. The lowest BCUT2D eigenvalue weighted by Gasteiger charge is -2.12. The first-order chi connectivity index (χ1) is 11.7. The number of benzene rings is 2. The van der Waals surface area contributed by atoms with Gasteiger partial charge in [0.1, 0.15) is 11.5 Å². The maximum Gasteiger partial charge on any atom is 0.258 e. The van der Waals surface area contributed by atoms with Crippen LogP contribution >= 0.6 is 0 Å². The Kier molecular flexibility index (Phi) is 4.66. The topological polar surface area (TPSA) is 40.5 Å². The third kappa shape index (κ3) is 3.18. The molecule has 0 N–H and O–H groups in total. The quantitative estimate of drug-likeness (QED) is 0.721. The number of hydrogen-bond acceptors (Lipinski definition) is 3. The molecule has 0 fully saturated rings. The normalized spacial score (nSPS) is 10.4. The zero-order chi connectivity index (χ0) is 16.9. The van der Waals surface area contributed by atoms with Crippen LogP contribution in [0.5, 0.6) is 11.5 Å². The second-order valence-electron chi connectivity index (χ2n) is 5.41. The second-order valence-corrected chi connectivity index (χ2v) is 5.41. The van der Waals surface area contributed by atoms with Crippen LogP contribution in [0.15, 0.2) is 71.7 Å². The van der Waals surface area contributed by atoms with Crippen molar-refractivity contribution in [3.05, 3.63) is 82.8 Å². The van der Waals surface area contributed by atoms with E-state index in [1.165, 1.54) is 0 Å². The van der Waals surface area contributed by atoms with Crippen LogP contribution in [0.2, 0.25) is 0 Å². The zero-order valence-electron chi connectivity index (χ0n) is 13.7. The van der Waals surface area contributed by atoms with Gasteiger partial charge in [-0.25, -0.2) is 0 Å². The lowest BCUT2D eigenvalue weighted by Crippen LogP contribution is -2.21. The summed E-state index contributed by atoms with van der Waals surface area (Å²) >= 11 is 0. The van der Waals surface area contributed by atoms with Gasteiger partial charge in [-0.05, 0) is 29.8 Å². The Morgan fingerprint density at radius 1 is 0.875 bits per heavy atom. The minimum atomic E-state index is -0.0511. The van der Waals surface area contributed by atoms with Crippen molar-refractivity contribution in [3.8, 4) is 22.6 Å². The van der Waals surface area contributed by atoms with Crippen molar-refractivity contribution in [1.29, 1.82) is 0 Å². The maximum absolute atomic E-state index is 12.9. The van der Waals surface area contributed by atoms with E-state index in [2.05, 4.69) is 0 Å². The summed E-state index contributed by atoms with van der Waals surface area (Å²) in [5.41, 5.74) is 2.39. The van der Waals surface area contributed by atoms with Crippen LogP contribution in [0.3, 0.4) is 0 Å². The third-order valence-electron chi connectivity index (χ3n) is 3.91. The van der Waals surface area contributed by atoms with Crippen LogP contribution in [0.1, 0.15) is 5.56 Å². The molecule has 122 valence electrons. The molecule has 0 aliphatic heterocycles. The molecule has 0 atom stereocenters. The van der Waals surface area contributed by atoms with Gasteiger partial charge in [-0.15, -0.1) is 0 Å². The summed E-state index contributed by atoms with van der Waals surface area (Å²) in [5.74, 6) is 1.31. The Labute approximate surface area is 140 Å². The average molecular weight is 321 g/mol. The van der Waals surface area contributed by atoms with Crippen molar-refractivity contribution in [3.63, 3.8) is 0 Å². The number of hydrogen-bond donors (Lipinski definition) is 0. The molecule has 0 radical (unpaired) electrons. The molecule has 0 bridgehead atoms. The predicted octanol–water partition coefficient (Wildman–Crippen LogP) is 3.58. The number of nitrogens with zero attached hydrogens (tertiary/aromatic N) is 1.